The molecule has 10 heteroatoms. The van der Waals surface area contributed by atoms with Crippen LogP contribution in [-0.2, 0) is 16.8 Å². The van der Waals surface area contributed by atoms with Gasteiger partial charge in [-0.05, 0) is 93.5 Å². The molecule has 8 rings (SSSR count). The molecule has 0 atom stereocenters. The third-order valence-electron chi connectivity index (χ3n) is 9.62. The van der Waals surface area contributed by atoms with Gasteiger partial charge < -0.3 is 18.9 Å². The number of fused-ring (bicyclic) bond motifs is 3. The lowest BCUT2D eigenvalue weighted by Gasteiger charge is -2.51. The SMILES string of the molecule is Cc1cc(-c2noc(C34CCC(COCc5c(-c6c(Cl)cccc6Cl)noc5C5CC5)(CC3)CC4)n2)ccc1C(=O)O. The summed E-state index contributed by atoms with van der Waals surface area (Å²) in [4.78, 5) is 16.2. The van der Waals surface area contributed by atoms with Crippen molar-refractivity contribution in [3.63, 3.8) is 0 Å². The molecule has 2 bridgehead atoms. The Morgan fingerprint density at radius 2 is 1.74 bits per heavy atom. The summed E-state index contributed by atoms with van der Waals surface area (Å²) in [6.07, 6.45) is 8.17. The average Bonchev–Trinajstić information content (AvgIpc) is 3.54. The first kappa shape index (κ1) is 27.6. The summed E-state index contributed by atoms with van der Waals surface area (Å²) < 4.78 is 18.1. The molecule has 2 aromatic heterocycles. The molecule has 4 aliphatic rings. The van der Waals surface area contributed by atoms with Crippen LogP contribution in [0.1, 0.15) is 90.4 Å². The van der Waals surface area contributed by atoms with Crippen molar-refractivity contribution in [2.24, 2.45) is 5.41 Å². The number of halogens is 2. The fourth-order valence-electron chi connectivity index (χ4n) is 6.82. The van der Waals surface area contributed by atoms with E-state index < -0.39 is 5.97 Å². The van der Waals surface area contributed by atoms with Crippen LogP contribution < -0.4 is 0 Å². The summed E-state index contributed by atoms with van der Waals surface area (Å²) in [5, 5.41) is 19.1. The van der Waals surface area contributed by atoms with Crippen LogP contribution in [-0.4, -0.2) is 33.0 Å². The first-order valence-electron chi connectivity index (χ1n) is 14.5. The maximum atomic E-state index is 11.4. The van der Waals surface area contributed by atoms with Crippen LogP contribution in [0.3, 0.4) is 0 Å². The number of hydrogen-bond acceptors (Lipinski definition) is 7. The largest absolute Gasteiger partial charge is 0.478 e. The van der Waals surface area contributed by atoms with Crippen LogP contribution in [0, 0.1) is 12.3 Å². The maximum Gasteiger partial charge on any atom is 0.335 e. The van der Waals surface area contributed by atoms with E-state index >= 15 is 0 Å². The lowest BCUT2D eigenvalue weighted by Crippen LogP contribution is -2.46. The van der Waals surface area contributed by atoms with E-state index in [4.69, 9.17) is 42.0 Å². The Labute approximate surface area is 253 Å². The molecule has 8 nitrogen and oxygen atoms in total. The molecule has 42 heavy (non-hydrogen) atoms. The molecule has 4 aliphatic carbocycles. The van der Waals surface area contributed by atoms with Crippen LogP contribution in [0.2, 0.25) is 10.0 Å². The summed E-state index contributed by atoms with van der Waals surface area (Å²) in [7, 11) is 0. The minimum Gasteiger partial charge on any atom is -0.478 e. The number of aromatic nitrogens is 3. The lowest BCUT2D eigenvalue weighted by molar-refractivity contribution is -0.0499. The van der Waals surface area contributed by atoms with Gasteiger partial charge in [0.05, 0.1) is 28.8 Å². The standard InChI is InChI=1S/C32H31Cl2N3O5/c1-18-15-20(7-8-21(18)29(38)39)28-35-30(42-37-28)32-12-9-31(10-13-32,11-14-32)17-40-16-22-26(36-41-27(22)19-5-6-19)25-23(33)3-2-4-24(25)34/h2-4,7-8,15,19H,5-6,9-14,16-17H2,1H3,(H,38,39). The van der Waals surface area contributed by atoms with Gasteiger partial charge in [-0.25, -0.2) is 4.79 Å². The minimum atomic E-state index is -0.946. The topological polar surface area (TPSA) is 111 Å². The molecule has 0 spiro atoms. The highest BCUT2D eigenvalue weighted by Gasteiger charge is 2.52. The number of carbonyl (C=O) groups is 1. The molecule has 4 fully saturated rings. The van der Waals surface area contributed by atoms with E-state index in [1.165, 1.54) is 0 Å². The maximum absolute atomic E-state index is 11.4. The highest BCUT2D eigenvalue weighted by atomic mass is 35.5. The average molecular weight is 609 g/mol. The van der Waals surface area contributed by atoms with Gasteiger partial charge >= 0.3 is 5.97 Å². The monoisotopic (exact) mass is 607 g/mol. The first-order chi connectivity index (χ1) is 20.3. The summed E-state index contributed by atoms with van der Waals surface area (Å²) in [5.74, 6) is 1.52. The van der Waals surface area contributed by atoms with Crippen molar-refractivity contribution in [3.05, 3.63) is 74.8 Å². The quantitative estimate of drug-likeness (QED) is 0.202. The van der Waals surface area contributed by atoms with Gasteiger partial charge in [0.25, 0.3) is 0 Å². The van der Waals surface area contributed by atoms with Crippen molar-refractivity contribution < 1.29 is 23.7 Å². The number of benzene rings is 2. The normalized spacial score (nSPS) is 23.4. The van der Waals surface area contributed by atoms with Gasteiger partial charge in [0.15, 0.2) is 0 Å². The first-order valence-corrected chi connectivity index (χ1v) is 15.2. The van der Waals surface area contributed by atoms with Gasteiger partial charge in [-0.2, -0.15) is 4.98 Å². The smallest absolute Gasteiger partial charge is 0.335 e. The van der Waals surface area contributed by atoms with E-state index in [0.717, 1.165) is 68.3 Å². The Hall–Kier alpha value is -3.20. The molecular weight excluding hydrogens is 577 g/mol. The van der Waals surface area contributed by atoms with Crippen molar-refractivity contribution in [1.82, 2.24) is 15.3 Å². The third kappa shape index (κ3) is 4.83. The number of aromatic carboxylic acids is 1. The number of ether oxygens (including phenoxy) is 1. The zero-order chi connectivity index (χ0) is 29.1. The van der Waals surface area contributed by atoms with E-state index in [0.29, 0.717) is 57.7 Å². The molecule has 4 aromatic rings. The van der Waals surface area contributed by atoms with Gasteiger partial charge in [0.2, 0.25) is 11.7 Å². The van der Waals surface area contributed by atoms with Gasteiger partial charge in [-0.1, -0.05) is 45.6 Å². The summed E-state index contributed by atoms with van der Waals surface area (Å²) in [6.45, 7) is 2.85. The second-order valence-corrected chi connectivity index (χ2v) is 13.1. The van der Waals surface area contributed by atoms with Crippen molar-refractivity contribution in [3.8, 4) is 22.6 Å². The van der Waals surface area contributed by atoms with Crippen molar-refractivity contribution in [2.75, 3.05) is 6.61 Å². The van der Waals surface area contributed by atoms with Gasteiger partial charge in [0, 0.05) is 28.0 Å². The lowest BCUT2D eigenvalue weighted by atomic mass is 9.54. The molecule has 0 saturated heterocycles. The highest BCUT2D eigenvalue weighted by Crippen LogP contribution is 2.58. The third-order valence-corrected chi connectivity index (χ3v) is 10.2. The number of carboxylic acids is 1. The zero-order valence-corrected chi connectivity index (χ0v) is 24.8. The van der Waals surface area contributed by atoms with Crippen molar-refractivity contribution in [1.29, 1.82) is 0 Å². The van der Waals surface area contributed by atoms with Crippen LogP contribution in [0.5, 0.6) is 0 Å². The van der Waals surface area contributed by atoms with E-state index in [2.05, 4.69) is 10.3 Å². The van der Waals surface area contributed by atoms with E-state index in [1.54, 1.807) is 25.1 Å². The molecule has 4 saturated carbocycles. The predicted octanol–water partition coefficient (Wildman–Crippen LogP) is 8.39. The Bertz CT molecular complexity index is 1630. The number of aryl methyl sites for hydroxylation is 1. The minimum absolute atomic E-state index is 0.119. The number of nitrogens with zero attached hydrogens (tertiary/aromatic N) is 3. The number of carboxylic acid groups (broad SMARTS) is 1. The molecule has 1 N–H and O–H groups in total. The molecule has 0 amide bonds. The van der Waals surface area contributed by atoms with Crippen LogP contribution in [0.15, 0.2) is 45.4 Å². The Morgan fingerprint density at radius 3 is 2.38 bits per heavy atom. The van der Waals surface area contributed by atoms with Crippen LogP contribution in [0.4, 0.5) is 0 Å². The van der Waals surface area contributed by atoms with E-state index in [1.807, 2.05) is 18.2 Å². The fourth-order valence-corrected chi connectivity index (χ4v) is 7.39. The second-order valence-electron chi connectivity index (χ2n) is 12.3. The highest BCUT2D eigenvalue weighted by molar-refractivity contribution is 6.39. The predicted molar refractivity (Wildman–Crippen MR) is 157 cm³/mol. The van der Waals surface area contributed by atoms with Crippen LogP contribution >= 0.6 is 23.2 Å². The van der Waals surface area contributed by atoms with Gasteiger partial charge in [0.1, 0.15) is 11.5 Å². The molecule has 0 radical (unpaired) electrons. The van der Waals surface area contributed by atoms with E-state index in [-0.39, 0.29) is 16.4 Å². The molecule has 218 valence electrons. The second kappa shape index (κ2) is 10.5. The van der Waals surface area contributed by atoms with Gasteiger partial charge in [-0.15, -0.1) is 0 Å². The number of rotatable bonds is 9. The summed E-state index contributed by atoms with van der Waals surface area (Å²) in [6, 6.07) is 10.6. The molecule has 2 heterocycles. The fraction of sp³-hybridized carbons (Fsp3) is 0.438. The van der Waals surface area contributed by atoms with Crippen LogP contribution in [0.25, 0.3) is 22.6 Å². The molecule has 0 aliphatic heterocycles. The van der Waals surface area contributed by atoms with Crippen molar-refractivity contribution >= 4 is 29.2 Å². The summed E-state index contributed by atoms with van der Waals surface area (Å²) in [5.41, 5.74) is 4.03. The Kier molecular flexibility index (Phi) is 6.91. The molecular formula is C32H31Cl2N3O5. The Balaban J connectivity index is 1.03. The zero-order valence-electron chi connectivity index (χ0n) is 23.3. The van der Waals surface area contributed by atoms with Crippen molar-refractivity contribution in [2.45, 2.75) is 76.2 Å². The molecule has 2 aromatic carbocycles. The summed E-state index contributed by atoms with van der Waals surface area (Å²) >= 11 is 13.0. The Morgan fingerprint density at radius 1 is 1.02 bits per heavy atom. The van der Waals surface area contributed by atoms with Gasteiger partial charge in [-0.3, -0.25) is 0 Å². The number of hydrogen-bond donors (Lipinski definition) is 1. The van der Waals surface area contributed by atoms with E-state index in [9.17, 15) is 9.90 Å². The molecule has 0 unspecified atom stereocenters.